The number of hydrogen-bond acceptors (Lipinski definition) is 8. The molecule has 0 radical (unpaired) electrons. The van der Waals surface area contributed by atoms with Gasteiger partial charge in [-0.3, -0.25) is 4.79 Å². The first-order chi connectivity index (χ1) is 28.0. The second-order valence-electron chi connectivity index (χ2n) is 21.8. The predicted octanol–water partition coefficient (Wildman–Crippen LogP) is 9.23. The Morgan fingerprint density at radius 2 is 1.73 bits per heavy atom. The molecule has 7 aliphatic carbocycles. The predicted molar refractivity (Wildman–Crippen MR) is 240 cm³/mol. The highest BCUT2D eigenvalue weighted by Crippen LogP contribution is 2.73. The molecular weight excluding hydrogens is 775 g/mol. The van der Waals surface area contributed by atoms with Crippen molar-refractivity contribution in [1.82, 2.24) is 10.2 Å². The molecular formula is C49H71N3O5S2. The number of ether oxygens (including phenoxy) is 1. The van der Waals surface area contributed by atoms with Gasteiger partial charge in [0.2, 0.25) is 5.90 Å². The SMILES string of the molecule is C=C(C)[C@@H]1CC[C@]2(NCCN3CCS(=O)(=O)CC3)CCC3[C@H](CCC4[C@@]3(C)CCC3C(C)(C)C(C5=CCC(COC6=NSC7C=CC=CC67)(C(=O)O)CC5)=CC[C@@]34C)C12. The molecule has 7 unspecified atom stereocenters. The van der Waals surface area contributed by atoms with Crippen LogP contribution in [0.3, 0.4) is 0 Å². The van der Waals surface area contributed by atoms with Crippen LogP contribution in [0.2, 0.25) is 0 Å². The second-order valence-corrected chi connectivity index (χ2v) is 25.0. The molecule has 0 bridgehead atoms. The molecule has 0 spiro atoms. The van der Waals surface area contributed by atoms with Gasteiger partial charge in [0, 0.05) is 31.7 Å². The third-order valence-corrected chi connectivity index (χ3v) is 21.3. The lowest BCUT2D eigenvalue weighted by Crippen LogP contribution is -2.64. The summed E-state index contributed by atoms with van der Waals surface area (Å²) in [5.74, 6) is 4.52. The Hall–Kier alpha value is -2.14. The van der Waals surface area contributed by atoms with Crippen molar-refractivity contribution in [1.29, 1.82) is 0 Å². The number of sulfone groups is 1. The fourth-order valence-electron chi connectivity index (χ4n) is 15.7. The lowest BCUT2D eigenvalue weighted by Gasteiger charge is -2.69. The van der Waals surface area contributed by atoms with E-state index in [0.717, 1.165) is 31.8 Å². The first-order valence-corrected chi connectivity index (χ1v) is 25.9. The lowest BCUT2D eigenvalue weighted by atomic mass is 9.36. The third kappa shape index (κ3) is 7.03. The number of nitrogens with one attached hydrogen (secondary N) is 1. The van der Waals surface area contributed by atoms with Crippen molar-refractivity contribution in [3.8, 4) is 0 Å². The van der Waals surface area contributed by atoms with Crippen molar-refractivity contribution in [2.24, 2.45) is 67.5 Å². The standard InChI is InChI=1S/C49H71N3O5S2/c1-32(2)34-15-23-49(50-25-26-52-27-29-59(55,56)30-28-52)24-17-38-35(42(34)49)11-12-41-46(38,5)20-18-40-45(3,4)37(16-19-47(40,41)6)33-13-21-48(22-14-33,44(53)54)31-57-43-36-9-7-8-10-39(36)58-51-43/h7-10,13,16,34-36,38-42,50H,1,11-12,14-15,17-31H2,2-6H3,(H,53,54)/t34-,35-,36?,38?,39?,40?,41?,42?,46-,47-,48?,49-/m0/s1. The number of carboxylic acid groups (broad SMARTS) is 1. The molecule has 0 amide bonds. The fraction of sp³-hybridized carbons (Fsp3) is 0.755. The number of carboxylic acids is 1. The topological polar surface area (TPSA) is 108 Å². The molecule has 0 aromatic heterocycles. The van der Waals surface area contributed by atoms with E-state index in [2.05, 4.69) is 80.1 Å². The van der Waals surface area contributed by atoms with Gasteiger partial charge in [-0.2, -0.15) is 4.40 Å². The van der Waals surface area contributed by atoms with Crippen molar-refractivity contribution >= 4 is 33.7 Å². The van der Waals surface area contributed by atoms with Gasteiger partial charge in [-0.1, -0.05) is 76.3 Å². The third-order valence-electron chi connectivity index (χ3n) is 18.7. The van der Waals surface area contributed by atoms with Crippen molar-refractivity contribution in [3.63, 3.8) is 0 Å². The zero-order valence-electron chi connectivity index (χ0n) is 36.5. The molecule has 2 heterocycles. The number of allylic oxidation sites excluding steroid dienone is 7. The first-order valence-electron chi connectivity index (χ1n) is 23.2. The van der Waals surface area contributed by atoms with E-state index in [1.807, 2.05) is 12.2 Å². The van der Waals surface area contributed by atoms with E-state index in [1.54, 1.807) is 0 Å². The minimum absolute atomic E-state index is 0.0169. The Bertz CT molecular complexity index is 1970. The fourth-order valence-corrected chi connectivity index (χ4v) is 17.8. The van der Waals surface area contributed by atoms with Gasteiger partial charge in [-0.15, -0.1) is 0 Å². The maximum absolute atomic E-state index is 12.9. The number of aliphatic carboxylic acids is 1. The molecule has 0 aromatic carbocycles. The lowest BCUT2D eigenvalue weighted by molar-refractivity contribution is -0.177. The van der Waals surface area contributed by atoms with Crippen LogP contribution in [-0.2, 0) is 19.4 Å². The Morgan fingerprint density at radius 1 is 0.966 bits per heavy atom. The van der Waals surface area contributed by atoms with Gasteiger partial charge < -0.3 is 20.1 Å². The largest absolute Gasteiger partial charge is 0.481 e. The quantitative estimate of drug-likeness (QED) is 0.175. The van der Waals surface area contributed by atoms with E-state index in [0.29, 0.717) is 78.3 Å². The second kappa shape index (κ2) is 15.3. The average molecular weight is 846 g/mol. The van der Waals surface area contributed by atoms with Gasteiger partial charge in [-0.25, -0.2) is 8.42 Å². The van der Waals surface area contributed by atoms with Crippen LogP contribution < -0.4 is 5.32 Å². The van der Waals surface area contributed by atoms with Crippen LogP contribution in [0.15, 0.2) is 64.2 Å². The molecule has 12 atom stereocenters. The normalized spacial score (nSPS) is 44.5. The van der Waals surface area contributed by atoms with E-state index in [-0.39, 0.29) is 34.1 Å². The summed E-state index contributed by atoms with van der Waals surface area (Å²) >= 11 is 1.52. The molecule has 2 N–H and O–H groups in total. The molecule has 0 aromatic rings. The molecule has 5 fully saturated rings. The summed E-state index contributed by atoms with van der Waals surface area (Å²) in [5.41, 5.74) is 4.02. The maximum atomic E-state index is 12.9. The Kier molecular flexibility index (Phi) is 10.9. The Labute approximate surface area is 359 Å². The molecule has 9 rings (SSSR count). The van der Waals surface area contributed by atoms with Gasteiger partial charge in [0.25, 0.3) is 0 Å². The first kappa shape index (κ1) is 42.2. The van der Waals surface area contributed by atoms with Gasteiger partial charge in [0.1, 0.15) is 12.0 Å². The molecule has 324 valence electrons. The summed E-state index contributed by atoms with van der Waals surface area (Å²) in [6, 6.07) is 0. The number of hydrogen-bond donors (Lipinski definition) is 2. The van der Waals surface area contributed by atoms with E-state index in [9.17, 15) is 18.3 Å². The van der Waals surface area contributed by atoms with Crippen LogP contribution in [0, 0.1) is 63.1 Å². The highest BCUT2D eigenvalue weighted by atomic mass is 32.2. The van der Waals surface area contributed by atoms with Crippen molar-refractivity contribution in [2.45, 2.75) is 122 Å². The molecule has 1 saturated heterocycles. The summed E-state index contributed by atoms with van der Waals surface area (Å²) in [6.45, 7) is 20.6. The van der Waals surface area contributed by atoms with Crippen LogP contribution >= 0.6 is 11.9 Å². The Balaban J connectivity index is 0.901. The van der Waals surface area contributed by atoms with Crippen LogP contribution in [0.4, 0.5) is 0 Å². The number of nitrogens with zero attached hydrogens (tertiary/aromatic N) is 2. The van der Waals surface area contributed by atoms with Gasteiger partial charge in [-0.05, 0) is 159 Å². The molecule has 4 saturated carbocycles. The summed E-state index contributed by atoms with van der Waals surface area (Å²) in [6.07, 6.45) is 26.4. The maximum Gasteiger partial charge on any atom is 0.313 e. The van der Waals surface area contributed by atoms with Crippen LogP contribution in [0.1, 0.15) is 112 Å². The van der Waals surface area contributed by atoms with E-state index in [1.165, 1.54) is 80.0 Å². The summed E-state index contributed by atoms with van der Waals surface area (Å²) in [7, 11) is -2.87. The summed E-state index contributed by atoms with van der Waals surface area (Å²) < 4.78 is 35.0. The smallest absolute Gasteiger partial charge is 0.313 e. The van der Waals surface area contributed by atoms with E-state index >= 15 is 0 Å². The zero-order valence-corrected chi connectivity index (χ0v) is 38.1. The van der Waals surface area contributed by atoms with Crippen molar-refractivity contribution < 1.29 is 23.1 Å². The van der Waals surface area contributed by atoms with Crippen molar-refractivity contribution in [3.05, 3.63) is 59.8 Å². The highest BCUT2D eigenvalue weighted by molar-refractivity contribution is 7.99. The summed E-state index contributed by atoms with van der Waals surface area (Å²) in [4.78, 5) is 15.3. The minimum Gasteiger partial charge on any atom is -0.481 e. The van der Waals surface area contributed by atoms with Crippen LogP contribution in [0.25, 0.3) is 0 Å². The highest BCUT2D eigenvalue weighted by Gasteiger charge is 2.66. The van der Waals surface area contributed by atoms with E-state index in [4.69, 9.17) is 4.74 Å². The molecule has 59 heavy (non-hydrogen) atoms. The van der Waals surface area contributed by atoms with Gasteiger partial charge >= 0.3 is 5.97 Å². The molecule has 10 heteroatoms. The monoisotopic (exact) mass is 845 g/mol. The molecule has 9 aliphatic rings. The minimum atomic E-state index is -2.87. The van der Waals surface area contributed by atoms with Crippen LogP contribution in [-0.4, -0.2) is 85.4 Å². The molecule has 8 nitrogen and oxygen atoms in total. The van der Waals surface area contributed by atoms with Crippen LogP contribution in [0.5, 0.6) is 0 Å². The van der Waals surface area contributed by atoms with Gasteiger partial charge in [0.15, 0.2) is 9.84 Å². The summed E-state index contributed by atoms with van der Waals surface area (Å²) in [5, 5.41) is 15.0. The number of fused-ring (bicyclic) bond motifs is 8. The average Bonchev–Trinajstić information content (AvgIpc) is 3.80. The van der Waals surface area contributed by atoms with Gasteiger partial charge in [0.05, 0.1) is 22.7 Å². The number of rotatable bonds is 9. The van der Waals surface area contributed by atoms with Crippen molar-refractivity contribution in [2.75, 3.05) is 44.3 Å². The Morgan fingerprint density at radius 3 is 2.46 bits per heavy atom. The zero-order chi connectivity index (χ0) is 41.6. The van der Waals surface area contributed by atoms with E-state index < -0.39 is 21.2 Å². The molecule has 2 aliphatic heterocycles. The number of carbonyl (C=O) groups is 1.